The second-order valence-corrected chi connectivity index (χ2v) is 11.2. The Bertz CT molecular complexity index is 885. The summed E-state index contributed by atoms with van der Waals surface area (Å²) < 4.78 is 10.5. The average Bonchev–Trinajstić information content (AvgIpc) is 3.26. The first-order valence-corrected chi connectivity index (χ1v) is 12.6. The molecule has 3 aliphatic rings. The van der Waals surface area contributed by atoms with Gasteiger partial charge < -0.3 is 14.8 Å². The number of imide groups is 2. The minimum atomic E-state index is -0.610. The van der Waals surface area contributed by atoms with Crippen LogP contribution in [0.25, 0.3) is 0 Å². The zero-order valence-corrected chi connectivity index (χ0v) is 21.4. The Morgan fingerprint density at radius 3 is 1.86 bits per heavy atom. The van der Waals surface area contributed by atoms with Crippen molar-refractivity contribution in [2.24, 2.45) is 16.7 Å². The van der Waals surface area contributed by atoms with E-state index < -0.39 is 6.09 Å². The SMILES string of the molecule is CC1(C)CC(CC(=O)OCCN2C(=O)CCC2=O)CC(C)(CNC(=O)OCCN2C(=O)CCC2=O)C1. The molecule has 0 aromatic carbocycles. The lowest BCUT2D eigenvalue weighted by Gasteiger charge is -2.46. The zero-order chi connectivity index (χ0) is 26.5. The number of nitrogens with zero attached hydrogens (tertiary/aromatic N) is 2. The maximum absolute atomic E-state index is 12.5. The molecule has 3 fully saturated rings. The van der Waals surface area contributed by atoms with Crippen LogP contribution in [0, 0.1) is 16.7 Å². The smallest absolute Gasteiger partial charge is 0.407 e. The van der Waals surface area contributed by atoms with E-state index in [1.165, 1.54) is 0 Å². The molecule has 11 nitrogen and oxygen atoms in total. The number of hydrogen-bond acceptors (Lipinski definition) is 8. The predicted molar refractivity (Wildman–Crippen MR) is 126 cm³/mol. The molecule has 2 aliphatic heterocycles. The molecule has 0 bridgehead atoms. The lowest BCUT2D eigenvalue weighted by molar-refractivity contribution is -0.149. The van der Waals surface area contributed by atoms with E-state index in [9.17, 15) is 28.8 Å². The maximum Gasteiger partial charge on any atom is 0.407 e. The Morgan fingerprint density at radius 2 is 1.33 bits per heavy atom. The van der Waals surface area contributed by atoms with E-state index in [0.29, 0.717) is 13.0 Å². The fraction of sp³-hybridized carbons (Fsp3) is 0.760. The van der Waals surface area contributed by atoms with Crippen molar-refractivity contribution in [3.63, 3.8) is 0 Å². The molecule has 1 aliphatic carbocycles. The van der Waals surface area contributed by atoms with Crippen LogP contribution in [-0.2, 0) is 33.4 Å². The van der Waals surface area contributed by atoms with E-state index in [2.05, 4.69) is 26.1 Å². The molecule has 1 N–H and O–H groups in total. The molecule has 36 heavy (non-hydrogen) atoms. The van der Waals surface area contributed by atoms with Crippen LogP contribution in [0.3, 0.4) is 0 Å². The quantitative estimate of drug-likeness (QED) is 0.349. The number of amides is 5. The average molecular weight is 508 g/mol. The molecular weight excluding hydrogens is 470 g/mol. The molecule has 0 aromatic heterocycles. The van der Waals surface area contributed by atoms with Crippen molar-refractivity contribution in [1.82, 2.24) is 15.1 Å². The Hall–Kier alpha value is -2.98. The highest BCUT2D eigenvalue weighted by Crippen LogP contribution is 2.49. The van der Waals surface area contributed by atoms with Crippen molar-refractivity contribution in [3.05, 3.63) is 0 Å². The number of rotatable bonds is 10. The normalized spacial score (nSPS) is 25.9. The first kappa shape index (κ1) is 27.6. The molecule has 2 saturated heterocycles. The fourth-order valence-corrected chi connectivity index (χ4v) is 5.99. The van der Waals surface area contributed by atoms with Gasteiger partial charge in [-0.05, 0) is 36.0 Å². The monoisotopic (exact) mass is 507 g/mol. The van der Waals surface area contributed by atoms with Gasteiger partial charge in [-0.15, -0.1) is 0 Å². The summed E-state index contributed by atoms with van der Waals surface area (Å²) in [6.45, 7) is 6.77. The number of ether oxygens (including phenoxy) is 2. The zero-order valence-electron chi connectivity index (χ0n) is 21.4. The molecule has 200 valence electrons. The van der Waals surface area contributed by atoms with Gasteiger partial charge in [0.25, 0.3) is 0 Å². The first-order valence-electron chi connectivity index (χ1n) is 12.6. The summed E-state index contributed by atoms with van der Waals surface area (Å²) in [4.78, 5) is 73.5. The lowest BCUT2D eigenvalue weighted by Crippen LogP contribution is -2.44. The van der Waals surface area contributed by atoms with Crippen LogP contribution in [0.15, 0.2) is 0 Å². The van der Waals surface area contributed by atoms with Crippen LogP contribution in [0.1, 0.15) is 72.1 Å². The van der Waals surface area contributed by atoms with Crippen molar-refractivity contribution >= 4 is 35.7 Å². The third-order valence-electron chi connectivity index (χ3n) is 7.08. The molecular formula is C25H37N3O8. The molecule has 5 amide bonds. The summed E-state index contributed by atoms with van der Waals surface area (Å²) in [5, 5.41) is 2.79. The summed E-state index contributed by atoms with van der Waals surface area (Å²) in [6, 6.07) is 0. The number of likely N-dealkylation sites (tertiary alicyclic amines) is 2. The van der Waals surface area contributed by atoms with Crippen molar-refractivity contribution in [1.29, 1.82) is 0 Å². The minimum absolute atomic E-state index is 0.00822. The summed E-state index contributed by atoms with van der Waals surface area (Å²) in [5.41, 5.74) is -0.310. The van der Waals surface area contributed by atoms with Crippen LogP contribution < -0.4 is 5.32 Å². The Labute approximate surface area is 211 Å². The van der Waals surface area contributed by atoms with Gasteiger partial charge in [0.05, 0.1) is 13.1 Å². The Morgan fingerprint density at radius 1 is 0.833 bits per heavy atom. The van der Waals surface area contributed by atoms with Crippen molar-refractivity contribution in [2.45, 2.75) is 72.1 Å². The van der Waals surface area contributed by atoms with Gasteiger partial charge in [0, 0.05) is 38.6 Å². The van der Waals surface area contributed by atoms with E-state index in [-0.39, 0.29) is 105 Å². The highest BCUT2D eigenvalue weighted by atomic mass is 16.5. The predicted octanol–water partition coefficient (Wildman–Crippen LogP) is 1.78. The van der Waals surface area contributed by atoms with E-state index in [4.69, 9.17) is 9.47 Å². The van der Waals surface area contributed by atoms with Crippen molar-refractivity contribution < 1.29 is 38.2 Å². The van der Waals surface area contributed by atoms with E-state index in [1.54, 1.807) is 0 Å². The van der Waals surface area contributed by atoms with E-state index >= 15 is 0 Å². The molecule has 11 heteroatoms. The number of hydrogen-bond donors (Lipinski definition) is 1. The molecule has 0 spiro atoms. The van der Waals surface area contributed by atoms with E-state index in [0.717, 1.165) is 22.6 Å². The van der Waals surface area contributed by atoms with Crippen molar-refractivity contribution in [3.8, 4) is 0 Å². The summed E-state index contributed by atoms with van der Waals surface area (Å²) in [5.74, 6) is -1.26. The van der Waals surface area contributed by atoms with Gasteiger partial charge in [0.2, 0.25) is 23.6 Å². The van der Waals surface area contributed by atoms with Gasteiger partial charge >= 0.3 is 12.1 Å². The molecule has 0 aromatic rings. The Balaban J connectivity index is 1.41. The molecule has 2 atom stereocenters. The van der Waals surface area contributed by atoms with Crippen LogP contribution >= 0.6 is 0 Å². The standard InChI is InChI=1S/C25H37N3O8/c1-24(2)13-17(12-22(33)35-10-8-27-18(29)4-5-19(27)30)14-25(3,15-24)16-26-23(34)36-11-9-28-20(31)6-7-21(28)32/h17H,4-16H2,1-3H3,(H,26,34). The van der Waals surface area contributed by atoms with E-state index in [1.807, 2.05) is 0 Å². The fourth-order valence-electron chi connectivity index (χ4n) is 5.99. The third-order valence-corrected chi connectivity index (χ3v) is 7.08. The Kier molecular flexibility index (Phi) is 8.73. The summed E-state index contributed by atoms with van der Waals surface area (Å²) in [7, 11) is 0. The summed E-state index contributed by atoms with van der Waals surface area (Å²) in [6.07, 6.45) is 2.83. The first-order chi connectivity index (χ1) is 16.9. The van der Waals surface area contributed by atoms with Gasteiger partial charge in [0.15, 0.2) is 0 Å². The molecule has 3 rings (SSSR count). The topological polar surface area (TPSA) is 139 Å². The maximum atomic E-state index is 12.5. The number of alkyl carbamates (subject to hydrolysis) is 1. The van der Waals surface area contributed by atoms with Crippen LogP contribution in [0.4, 0.5) is 4.79 Å². The number of esters is 1. The van der Waals surface area contributed by atoms with Gasteiger partial charge in [-0.25, -0.2) is 4.79 Å². The van der Waals surface area contributed by atoms with Gasteiger partial charge in [-0.2, -0.15) is 0 Å². The van der Waals surface area contributed by atoms with Crippen LogP contribution in [0.2, 0.25) is 0 Å². The molecule has 1 saturated carbocycles. The molecule has 0 radical (unpaired) electrons. The number of carbonyl (C=O) groups excluding carboxylic acids is 6. The third kappa shape index (κ3) is 7.51. The minimum Gasteiger partial charge on any atom is -0.464 e. The van der Waals surface area contributed by atoms with Crippen molar-refractivity contribution in [2.75, 3.05) is 32.8 Å². The molecule has 2 heterocycles. The lowest BCUT2D eigenvalue weighted by atomic mass is 9.60. The summed E-state index contributed by atoms with van der Waals surface area (Å²) >= 11 is 0. The van der Waals surface area contributed by atoms with Crippen LogP contribution in [0.5, 0.6) is 0 Å². The highest BCUT2D eigenvalue weighted by molar-refractivity contribution is 6.02. The van der Waals surface area contributed by atoms with Gasteiger partial charge in [-0.1, -0.05) is 20.8 Å². The van der Waals surface area contributed by atoms with Crippen LogP contribution in [-0.4, -0.2) is 78.3 Å². The number of nitrogens with one attached hydrogen (secondary N) is 1. The second-order valence-electron chi connectivity index (χ2n) is 11.2. The largest absolute Gasteiger partial charge is 0.464 e. The highest BCUT2D eigenvalue weighted by Gasteiger charge is 2.42. The van der Waals surface area contributed by atoms with Gasteiger partial charge in [0.1, 0.15) is 13.2 Å². The number of carbonyl (C=O) groups is 6. The van der Waals surface area contributed by atoms with Gasteiger partial charge in [-0.3, -0.25) is 33.8 Å². The molecule has 2 unspecified atom stereocenters. The second kappa shape index (κ2) is 11.4.